The summed E-state index contributed by atoms with van der Waals surface area (Å²) in [5.74, 6) is 0. The third-order valence-corrected chi connectivity index (χ3v) is 14.0. The minimum atomic E-state index is 1.09. The van der Waals surface area contributed by atoms with Gasteiger partial charge in [0.15, 0.2) is 64.6 Å². The average Bonchev–Trinajstić information content (AvgIpc) is 4.35. The second kappa shape index (κ2) is 39.0. The fourth-order valence-electron chi connectivity index (χ4n) is 8.84. The number of hydrogen-bond donors (Lipinski definition) is 0. The van der Waals surface area contributed by atoms with Crippen LogP contribution in [0.2, 0.25) is 0 Å². The zero-order chi connectivity index (χ0) is 61.2. The topological polar surface area (TPSA) is 23.3 Å². The van der Waals surface area contributed by atoms with Crippen LogP contribution >= 0.6 is 0 Å². The van der Waals surface area contributed by atoms with E-state index in [2.05, 4.69) is 294 Å². The minimum absolute atomic E-state index is 1.09. The second-order valence-corrected chi connectivity index (χ2v) is 18.6. The highest BCUT2D eigenvalue weighted by Gasteiger charge is 2.17. The molecule has 0 aliphatic heterocycles. The molecule has 0 amide bonds. The van der Waals surface area contributed by atoms with Gasteiger partial charge < -0.3 is 0 Å². The van der Waals surface area contributed by atoms with Gasteiger partial charge >= 0.3 is 0 Å². The first-order valence-electron chi connectivity index (χ1n) is 30.2. The van der Waals surface area contributed by atoms with Crippen LogP contribution in [0.25, 0.3) is 50.7 Å². The van der Waals surface area contributed by atoms with E-state index < -0.39 is 0 Å². The van der Waals surface area contributed by atoms with Crippen molar-refractivity contribution in [3.05, 3.63) is 232 Å². The lowest BCUT2D eigenvalue weighted by atomic mass is 10.1. The van der Waals surface area contributed by atoms with E-state index in [1.165, 1.54) is 100 Å². The zero-order valence-electron chi connectivity index (χ0n) is 55.1. The van der Waals surface area contributed by atoms with E-state index in [0.29, 0.717) is 0 Å². The van der Waals surface area contributed by atoms with Crippen molar-refractivity contribution in [1.29, 1.82) is 0 Å². The SMILES string of the molecule is CC.CC.CC.CC.CC.CC.Cc1c2c(cc[n+]1C)CC=C2.Cc1c2ccccc2cc[n+]1C.Cc1cc2c(c[n+]1C)CC=C2.Cc1cc2ccccc2c[n+]1C.Cc1ccc2c([n+]1C)CC=C2.Cc1ccc2ccccc2[n+]1C. The van der Waals surface area contributed by atoms with Crippen LogP contribution in [-0.4, -0.2) is 0 Å². The molecule has 6 heteroatoms. The number of para-hydroxylation sites is 1. The second-order valence-electron chi connectivity index (χ2n) is 18.6. The number of aromatic nitrogens is 6. The largest absolute Gasteiger partial charge is 0.212 e. The average molecular weight is 1090 g/mol. The Hall–Kier alpha value is -7.44. The molecule has 0 N–H and O–H groups in total. The minimum Gasteiger partial charge on any atom is -0.205 e. The summed E-state index contributed by atoms with van der Waals surface area (Å²) >= 11 is 0. The highest BCUT2D eigenvalue weighted by molar-refractivity contribution is 5.83. The summed E-state index contributed by atoms with van der Waals surface area (Å²) in [6, 6.07) is 42.7. The van der Waals surface area contributed by atoms with Crippen LogP contribution in [0.5, 0.6) is 0 Å². The Morgan fingerprint density at radius 2 is 0.815 bits per heavy atom. The summed E-state index contributed by atoms with van der Waals surface area (Å²) < 4.78 is 13.1. The maximum absolute atomic E-state index is 2.26. The van der Waals surface area contributed by atoms with Crippen molar-refractivity contribution in [3.63, 3.8) is 0 Å². The fourth-order valence-corrected chi connectivity index (χ4v) is 8.84. The number of benzene rings is 3. The standard InChI is InChI=1S/3C11H12N.3C10H12N.6C2H6/c1-9-7-10-5-3-4-6-11(10)8-12(9)2;1-9-11-6-4-3-5-10(11)7-8-12(9)2;1-9-7-8-10-5-3-4-6-11(10)12(9)2;1-8-6-9-4-3-5-10(9)7-11(8)2;1-8-10-5-3-4-9(10)6-7-11(8)2;1-8-6-7-9-4-3-5-10(9)11(8)2;6*1-2/h3*3-8H,1-2H3;3-4,6-7H,5H2,1-2H3;3,5-7H,4H2,1-2H3;3-4,6-7H,5H2,1-2H3;6*1-2H3/q6*+1;;;;;;. The summed E-state index contributed by atoms with van der Waals surface area (Å²) in [5.41, 5.74) is 17.7. The number of aryl methyl sites for hydroxylation is 10. The lowest BCUT2D eigenvalue weighted by molar-refractivity contribution is -0.684. The van der Waals surface area contributed by atoms with Crippen molar-refractivity contribution in [2.75, 3.05) is 0 Å². The van der Waals surface area contributed by atoms with Crippen LogP contribution in [0, 0.1) is 41.5 Å². The number of pyridine rings is 6. The normalized spacial score (nSPS) is 10.7. The van der Waals surface area contributed by atoms with Crippen molar-refractivity contribution >= 4 is 50.7 Å². The summed E-state index contributed by atoms with van der Waals surface area (Å²) in [6.45, 7) is 36.8. The van der Waals surface area contributed by atoms with Gasteiger partial charge in [0.25, 0.3) is 0 Å². The Morgan fingerprint density at radius 1 is 0.333 bits per heavy atom. The van der Waals surface area contributed by atoms with Gasteiger partial charge in [-0.05, 0) is 65.1 Å². The van der Waals surface area contributed by atoms with Crippen molar-refractivity contribution in [1.82, 2.24) is 0 Å². The molecule has 0 fully saturated rings. The highest BCUT2D eigenvalue weighted by Crippen LogP contribution is 2.20. The van der Waals surface area contributed by atoms with Crippen LogP contribution in [0.4, 0.5) is 0 Å². The van der Waals surface area contributed by atoms with E-state index in [9.17, 15) is 0 Å². The number of nitrogens with zero attached hydrogens (tertiary/aromatic N) is 6. The first-order valence-corrected chi connectivity index (χ1v) is 30.2. The molecule has 3 aliphatic rings. The Labute approximate surface area is 493 Å². The van der Waals surface area contributed by atoms with Gasteiger partial charge in [-0.15, -0.1) is 0 Å². The lowest BCUT2D eigenvalue weighted by Crippen LogP contribution is -2.36. The van der Waals surface area contributed by atoms with Gasteiger partial charge in [0.2, 0.25) is 5.52 Å². The maximum atomic E-state index is 2.26. The Balaban J connectivity index is 0.000000468. The summed E-state index contributed by atoms with van der Waals surface area (Å²) in [6.07, 6.45) is 25.1. The van der Waals surface area contributed by atoms with E-state index in [1.807, 2.05) is 83.1 Å². The van der Waals surface area contributed by atoms with Crippen LogP contribution in [0.15, 0.2) is 164 Å². The van der Waals surface area contributed by atoms with E-state index in [0.717, 1.165) is 19.3 Å². The summed E-state index contributed by atoms with van der Waals surface area (Å²) in [4.78, 5) is 0. The molecule has 3 aliphatic carbocycles. The molecule has 0 saturated heterocycles. The molecule has 0 unspecified atom stereocenters. The Kier molecular flexibility index (Phi) is 34.5. The van der Waals surface area contributed by atoms with E-state index >= 15 is 0 Å². The van der Waals surface area contributed by atoms with Gasteiger partial charge in [-0.1, -0.05) is 168 Å². The molecule has 0 radical (unpaired) electrons. The van der Waals surface area contributed by atoms with Crippen molar-refractivity contribution in [2.24, 2.45) is 42.3 Å². The number of rotatable bonds is 0. The van der Waals surface area contributed by atoms with Crippen LogP contribution in [0.3, 0.4) is 0 Å². The monoisotopic (exact) mass is 1090 g/mol. The van der Waals surface area contributed by atoms with Gasteiger partial charge in [0, 0.05) is 117 Å². The molecule has 432 valence electrons. The molecular formula is C75H108N6+6. The molecule has 6 aromatic heterocycles. The summed E-state index contributed by atoms with van der Waals surface area (Å²) in [5, 5.41) is 6.56. The van der Waals surface area contributed by atoms with Crippen molar-refractivity contribution in [2.45, 2.75) is 144 Å². The van der Waals surface area contributed by atoms with E-state index in [-0.39, 0.29) is 0 Å². The smallest absolute Gasteiger partial charge is 0.205 e. The molecule has 81 heavy (non-hydrogen) atoms. The number of fused-ring (bicyclic) bond motifs is 6. The molecule has 0 spiro atoms. The molecule has 12 rings (SSSR count). The third-order valence-electron chi connectivity index (χ3n) is 14.0. The van der Waals surface area contributed by atoms with Gasteiger partial charge in [-0.25, -0.2) is 22.8 Å². The third kappa shape index (κ3) is 20.9. The number of hydrogen-bond acceptors (Lipinski definition) is 0. The Morgan fingerprint density at radius 3 is 1.48 bits per heavy atom. The molecule has 9 aromatic rings. The van der Waals surface area contributed by atoms with Gasteiger partial charge in [-0.2, -0.15) is 4.57 Å². The molecule has 0 saturated carbocycles. The van der Waals surface area contributed by atoms with E-state index in [4.69, 9.17) is 0 Å². The van der Waals surface area contributed by atoms with E-state index in [1.54, 1.807) is 0 Å². The highest BCUT2D eigenvalue weighted by atomic mass is 15.0. The van der Waals surface area contributed by atoms with Crippen molar-refractivity contribution in [3.8, 4) is 0 Å². The molecule has 0 bridgehead atoms. The quantitative estimate of drug-likeness (QED) is 0.135. The molecular weight excluding hydrogens is 985 g/mol. The van der Waals surface area contributed by atoms with Crippen LogP contribution < -0.4 is 27.4 Å². The number of allylic oxidation sites excluding steroid dienone is 3. The lowest BCUT2D eigenvalue weighted by Gasteiger charge is -1.99. The van der Waals surface area contributed by atoms with Gasteiger partial charge in [0.1, 0.15) is 42.3 Å². The molecule has 6 nitrogen and oxygen atoms in total. The maximum Gasteiger partial charge on any atom is 0.212 e. The predicted octanol–water partition coefficient (Wildman–Crippen LogP) is 16.2. The zero-order valence-corrected chi connectivity index (χ0v) is 55.1. The molecule has 0 atom stereocenters. The first-order chi connectivity index (χ1) is 39.2. The summed E-state index contributed by atoms with van der Waals surface area (Å²) in [7, 11) is 12.5. The Bertz CT molecular complexity index is 3260. The van der Waals surface area contributed by atoms with Crippen molar-refractivity contribution < 1.29 is 27.4 Å². The molecule has 3 aromatic carbocycles. The fraction of sp³-hybridized carbons (Fsp3) is 0.360. The van der Waals surface area contributed by atoms with Gasteiger partial charge in [-0.3, -0.25) is 0 Å². The van der Waals surface area contributed by atoms with Crippen LogP contribution in [-0.2, 0) is 61.5 Å². The predicted molar refractivity (Wildman–Crippen MR) is 353 cm³/mol. The van der Waals surface area contributed by atoms with Crippen LogP contribution in [0.1, 0.15) is 151 Å². The van der Waals surface area contributed by atoms with Gasteiger partial charge in [0.05, 0.1) is 6.42 Å². The molecule has 6 heterocycles. The first kappa shape index (κ1) is 71.6.